The van der Waals surface area contributed by atoms with Crippen LogP contribution in [-0.2, 0) is 11.3 Å². The highest BCUT2D eigenvalue weighted by atomic mass is 16.2. The quantitative estimate of drug-likeness (QED) is 0.837. The summed E-state index contributed by atoms with van der Waals surface area (Å²) in [5.74, 6) is 0.954. The summed E-state index contributed by atoms with van der Waals surface area (Å²) in [7, 11) is 1.99. The molecule has 2 aliphatic rings. The van der Waals surface area contributed by atoms with E-state index in [4.69, 9.17) is 0 Å². The van der Waals surface area contributed by atoms with Gasteiger partial charge in [0.1, 0.15) is 0 Å². The van der Waals surface area contributed by atoms with Crippen LogP contribution >= 0.6 is 0 Å². The van der Waals surface area contributed by atoms with E-state index in [-0.39, 0.29) is 0 Å². The fourth-order valence-corrected chi connectivity index (χ4v) is 3.80. The van der Waals surface area contributed by atoms with Crippen LogP contribution in [0.1, 0.15) is 36.9 Å². The second kappa shape index (κ2) is 6.14. The van der Waals surface area contributed by atoms with Crippen molar-refractivity contribution in [1.82, 2.24) is 14.8 Å². The van der Waals surface area contributed by atoms with Gasteiger partial charge in [-0.25, -0.2) is 0 Å². The molecule has 21 heavy (non-hydrogen) atoms. The predicted molar refractivity (Wildman–Crippen MR) is 82.8 cm³/mol. The number of carbonyl (C=O) groups excluding carboxylic acids is 1. The number of piperidine rings is 1. The molecule has 0 spiro atoms. The van der Waals surface area contributed by atoms with Gasteiger partial charge in [-0.2, -0.15) is 0 Å². The third-order valence-corrected chi connectivity index (χ3v) is 5.13. The molecule has 2 saturated heterocycles. The zero-order chi connectivity index (χ0) is 14.8. The van der Waals surface area contributed by atoms with Crippen molar-refractivity contribution < 1.29 is 4.79 Å². The lowest BCUT2D eigenvalue weighted by atomic mass is 9.88. The molecule has 2 aliphatic heterocycles. The molecule has 0 unspecified atom stereocenters. The Kier molecular flexibility index (Phi) is 4.24. The van der Waals surface area contributed by atoms with Gasteiger partial charge in [0.2, 0.25) is 5.91 Å². The standard InChI is InChI=1S/C17H25N3O/c1-13-5-4-9-18-15(13)12-20-10-8-16-14(11-20)6-3-7-17(21)19(16)2/h4-5,9,14,16H,3,6-8,10-12H2,1-2H3/t14-,16+/m0/s1. The van der Waals surface area contributed by atoms with E-state index in [0.29, 0.717) is 17.9 Å². The van der Waals surface area contributed by atoms with E-state index < -0.39 is 0 Å². The van der Waals surface area contributed by atoms with Gasteiger partial charge in [-0.15, -0.1) is 0 Å². The number of pyridine rings is 1. The smallest absolute Gasteiger partial charge is 0.222 e. The predicted octanol–water partition coefficient (Wildman–Crippen LogP) is 2.22. The van der Waals surface area contributed by atoms with Gasteiger partial charge in [0.25, 0.3) is 0 Å². The largest absolute Gasteiger partial charge is 0.342 e. The maximum atomic E-state index is 12.0. The minimum absolute atomic E-state index is 0.330. The summed E-state index contributed by atoms with van der Waals surface area (Å²) < 4.78 is 0. The molecule has 0 radical (unpaired) electrons. The molecule has 3 heterocycles. The van der Waals surface area contributed by atoms with Crippen molar-refractivity contribution in [3.63, 3.8) is 0 Å². The van der Waals surface area contributed by atoms with E-state index in [1.807, 2.05) is 24.2 Å². The maximum Gasteiger partial charge on any atom is 0.222 e. The van der Waals surface area contributed by atoms with E-state index in [1.165, 1.54) is 17.7 Å². The molecule has 0 bridgehead atoms. The number of fused-ring (bicyclic) bond motifs is 1. The monoisotopic (exact) mass is 287 g/mol. The van der Waals surface area contributed by atoms with Gasteiger partial charge in [0.15, 0.2) is 0 Å². The lowest BCUT2D eigenvalue weighted by Crippen LogP contribution is -2.50. The molecule has 1 amide bonds. The Morgan fingerprint density at radius 1 is 1.38 bits per heavy atom. The third kappa shape index (κ3) is 3.10. The van der Waals surface area contributed by atoms with Crippen molar-refractivity contribution in [2.75, 3.05) is 20.1 Å². The second-order valence-corrected chi connectivity index (χ2v) is 6.52. The normalized spacial score (nSPS) is 27.3. The molecule has 4 nitrogen and oxygen atoms in total. The topological polar surface area (TPSA) is 36.4 Å². The second-order valence-electron chi connectivity index (χ2n) is 6.52. The number of hydrogen-bond acceptors (Lipinski definition) is 3. The van der Waals surface area contributed by atoms with Gasteiger partial charge < -0.3 is 4.90 Å². The lowest BCUT2D eigenvalue weighted by molar-refractivity contribution is -0.132. The summed E-state index contributed by atoms with van der Waals surface area (Å²) in [5, 5.41) is 0. The Hall–Kier alpha value is -1.42. The zero-order valence-corrected chi connectivity index (χ0v) is 13.1. The van der Waals surface area contributed by atoms with Crippen molar-refractivity contribution in [1.29, 1.82) is 0 Å². The lowest BCUT2D eigenvalue weighted by Gasteiger charge is -2.41. The Morgan fingerprint density at radius 3 is 3.05 bits per heavy atom. The summed E-state index contributed by atoms with van der Waals surface area (Å²) in [4.78, 5) is 21.0. The van der Waals surface area contributed by atoms with Crippen molar-refractivity contribution in [3.05, 3.63) is 29.6 Å². The minimum Gasteiger partial charge on any atom is -0.342 e. The van der Waals surface area contributed by atoms with Crippen molar-refractivity contribution in [2.45, 2.75) is 45.2 Å². The minimum atomic E-state index is 0.330. The van der Waals surface area contributed by atoms with Crippen LogP contribution in [0.25, 0.3) is 0 Å². The summed E-state index contributed by atoms with van der Waals surface area (Å²) in [5.41, 5.74) is 2.46. The fraction of sp³-hybridized carbons (Fsp3) is 0.647. The van der Waals surface area contributed by atoms with Crippen LogP contribution in [0.15, 0.2) is 18.3 Å². The first-order chi connectivity index (χ1) is 10.1. The molecule has 0 saturated carbocycles. The Bertz CT molecular complexity index is 517. The fourth-order valence-electron chi connectivity index (χ4n) is 3.80. The summed E-state index contributed by atoms with van der Waals surface area (Å²) >= 11 is 0. The highest BCUT2D eigenvalue weighted by molar-refractivity contribution is 5.76. The van der Waals surface area contributed by atoms with Crippen molar-refractivity contribution >= 4 is 5.91 Å². The van der Waals surface area contributed by atoms with Gasteiger partial charge in [-0.05, 0) is 43.7 Å². The molecule has 114 valence electrons. The van der Waals surface area contributed by atoms with E-state index >= 15 is 0 Å². The highest BCUT2D eigenvalue weighted by Crippen LogP contribution is 2.30. The molecular formula is C17H25N3O. The van der Waals surface area contributed by atoms with Crippen molar-refractivity contribution in [2.24, 2.45) is 5.92 Å². The van der Waals surface area contributed by atoms with E-state index in [9.17, 15) is 4.79 Å². The van der Waals surface area contributed by atoms with Crippen molar-refractivity contribution in [3.8, 4) is 0 Å². The number of nitrogens with zero attached hydrogens (tertiary/aromatic N) is 3. The zero-order valence-electron chi connectivity index (χ0n) is 13.1. The summed E-state index contributed by atoms with van der Waals surface area (Å²) in [6.45, 7) is 5.23. The molecule has 4 heteroatoms. The average Bonchev–Trinajstić information content (AvgIpc) is 2.62. The first kappa shape index (κ1) is 14.5. The van der Waals surface area contributed by atoms with Gasteiger partial charge in [-0.1, -0.05) is 6.07 Å². The van der Waals surface area contributed by atoms with Crippen LogP contribution in [0.4, 0.5) is 0 Å². The molecule has 0 aliphatic carbocycles. The maximum absolute atomic E-state index is 12.0. The van der Waals surface area contributed by atoms with Crippen LogP contribution in [0.2, 0.25) is 0 Å². The van der Waals surface area contributed by atoms with Crippen LogP contribution in [-0.4, -0.2) is 46.9 Å². The third-order valence-electron chi connectivity index (χ3n) is 5.13. The first-order valence-corrected chi connectivity index (χ1v) is 8.03. The highest BCUT2D eigenvalue weighted by Gasteiger charge is 2.35. The Labute approximate surface area is 127 Å². The van der Waals surface area contributed by atoms with Gasteiger partial charge >= 0.3 is 0 Å². The summed E-state index contributed by atoms with van der Waals surface area (Å²) in [6, 6.07) is 4.57. The van der Waals surface area contributed by atoms with E-state index in [2.05, 4.69) is 22.9 Å². The average molecular weight is 287 g/mol. The van der Waals surface area contributed by atoms with Crippen LogP contribution in [0, 0.1) is 12.8 Å². The number of amides is 1. The van der Waals surface area contributed by atoms with Gasteiger partial charge in [0.05, 0.1) is 5.69 Å². The number of rotatable bonds is 2. The molecular weight excluding hydrogens is 262 g/mol. The molecule has 0 N–H and O–H groups in total. The molecule has 1 aromatic heterocycles. The Morgan fingerprint density at radius 2 is 2.24 bits per heavy atom. The number of aryl methyl sites for hydroxylation is 1. The Balaban J connectivity index is 1.67. The molecule has 2 fully saturated rings. The molecule has 0 aromatic carbocycles. The van der Waals surface area contributed by atoms with E-state index in [0.717, 1.165) is 38.9 Å². The molecule has 2 atom stereocenters. The first-order valence-electron chi connectivity index (χ1n) is 8.03. The number of likely N-dealkylation sites (tertiary alicyclic amines) is 2. The summed E-state index contributed by atoms with van der Waals surface area (Å²) in [6.07, 6.45) is 5.92. The van der Waals surface area contributed by atoms with Crippen LogP contribution < -0.4 is 0 Å². The van der Waals surface area contributed by atoms with Gasteiger partial charge in [-0.3, -0.25) is 14.7 Å². The molecule has 1 aromatic rings. The molecule has 3 rings (SSSR count). The number of carbonyl (C=O) groups is 1. The number of hydrogen-bond donors (Lipinski definition) is 0. The van der Waals surface area contributed by atoms with Crippen LogP contribution in [0.5, 0.6) is 0 Å². The van der Waals surface area contributed by atoms with E-state index in [1.54, 1.807) is 0 Å². The SMILES string of the molecule is Cc1cccnc1CN1CC[C@@H]2[C@@H](CCCC(=O)N2C)C1. The van der Waals surface area contributed by atoms with Gasteiger partial charge in [0, 0.05) is 45.3 Å². The number of aromatic nitrogens is 1. The van der Waals surface area contributed by atoms with Crippen LogP contribution in [0.3, 0.4) is 0 Å².